The maximum absolute atomic E-state index is 12.4. The maximum Gasteiger partial charge on any atom is 0.290 e. The molecule has 0 bridgehead atoms. The number of hydrogen-bond donors (Lipinski definition) is 0. The SMILES string of the molecule is COCCc1cnc2n1CCN(C(=O)c1ccco1)[C@H]2C. The molecule has 2 aromatic heterocycles. The van der Waals surface area contributed by atoms with Crippen molar-refractivity contribution in [1.82, 2.24) is 14.5 Å². The van der Waals surface area contributed by atoms with Crippen molar-refractivity contribution in [1.29, 1.82) is 0 Å². The number of amides is 1. The van der Waals surface area contributed by atoms with E-state index in [0.717, 1.165) is 24.5 Å². The Morgan fingerprint density at radius 3 is 3.10 bits per heavy atom. The van der Waals surface area contributed by atoms with Gasteiger partial charge < -0.3 is 18.6 Å². The topological polar surface area (TPSA) is 60.5 Å². The third kappa shape index (κ3) is 2.47. The van der Waals surface area contributed by atoms with Gasteiger partial charge in [0, 0.05) is 38.5 Å². The number of carbonyl (C=O) groups excluding carboxylic acids is 1. The second kappa shape index (κ2) is 5.73. The maximum atomic E-state index is 12.4. The molecule has 6 heteroatoms. The van der Waals surface area contributed by atoms with E-state index in [-0.39, 0.29) is 11.9 Å². The number of hydrogen-bond acceptors (Lipinski definition) is 4. The van der Waals surface area contributed by atoms with Crippen LogP contribution in [0.1, 0.15) is 35.0 Å². The van der Waals surface area contributed by atoms with Crippen LogP contribution in [0.25, 0.3) is 0 Å². The minimum Gasteiger partial charge on any atom is -0.459 e. The normalized spacial score (nSPS) is 17.8. The molecule has 0 spiro atoms. The van der Waals surface area contributed by atoms with Gasteiger partial charge in [0.05, 0.1) is 18.9 Å². The summed E-state index contributed by atoms with van der Waals surface area (Å²) < 4.78 is 12.5. The summed E-state index contributed by atoms with van der Waals surface area (Å²) in [6.45, 7) is 4.09. The molecule has 1 aliphatic rings. The molecule has 0 radical (unpaired) electrons. The third-order valence-electron chi connectivity index (χ3n) is 3.93. The van der Waals surface area contributed by atoms with Gasteiger partial charge in [-0.25, -0.2) is 4.98 Å². The predicted octanol–water partition coefficient (Wildman–Crippen LogP) is 1.88. The van der Waals surface area contributed by atoms with E-state index in [1.165, 1.54) is 6.26 Å². The van der Waals surface area contributed by atoms with Crippen LogP contribution in [-0.2, 0) is 17.7 Å². The zero-order valence-electron chi connectivity index (χ0n) is 12.3. The number of rotatable bonds is 4. The van der Waals surface area contributed by atoms with Gasteiger partial charge in [-0.05, 0) is 19.1 Å². The molecule has 1 aliphatic heterocycles. The number of imidazole rings is 1. The summed E-state index contributed by atoms with van der Waals surface area (Å²) >= 11 is 0. The van der Waals surface area contributed by atoms with E-state index in [1.807, 2.05) is 13.1 Å². The van der Waals surface area contributed by atoms with Crippen molar-refractivity contribution in [2.24, 2.45) is 0 Å². The molecule has 0 saturated carbocycles. The lowest BCUT2D eigenvalue weighted by molar-refractivity contribution is 0.0603. The van der Waals surface area contributed by atoms with E-state index in [1.54, 1.807) is 24.1 Å². The lowest BCUT2D eigenvalue weighted by atomic mass is 10.2. The van der Waals surface area contributed by atoms with Gasteiger partial charge in [-0.1, -0.05) is 0 Å². The number of nitrogens with zero attached hydrogens (tertiary/aromatic N) is 3. The first-order chi connectivity index (χ1) is 10.2. The molecule has 3 rings (SSSR count). The fourth-order valence-corrected chi connectivity index (χ4v) is 2.78. The highest BCUT2D eigenvalue weighted by atomic mass is 16.5. The lowest BCUT2D eigenvalue weighted by Gasteiger charge is -2.33. The highest BCUT2D eigenvalue weighted by molar-refractivity contribution is 5.91. The summed E-state index contributed by atoms with van der Waals surface area (Å²) in [6.07, 6.45) is 4.24. The second-order valence-corrected chi connectivity index (χ2v) is 5.15. The largest absolute Gasteiger partial charge is 0.459 e. The van der Waals surface area contributed by atoms with Crippen LogP contribution in [-0.4, -0.2) is 40.6 Å². The molecule has 6 nitrogen and oxygen atoms in total. The molecule has 2 aromatic rings. The van der Waals surface area contributed by atoms with Crippen LogP contribution >= 0.6 is 0 Å². The molecule has 112 valence electrons. The van der Waals surface area contributed by atoms with E-state index < -0.39 is 0 Å². The second-order valence-electron chi connectivity index (χ2n) is 5.15. The number of furan rings is 1. The molecular weight excluding hydrogens is 270 g/mol. The van der Waals surface area contributed by atoms with Crippen LogP contribution in [0.2, 0.25) is 0 Å². The van der Waals surface area contributed by atoms with Gasteiger partial charge in [-0.3, -0.25) is 4.79 Å². The number of carbonyl (C=O) groups is 1. The number of fused-ring (bicyclic) bond motifs is 1. The van der Waals surface area contributed by atoms with Crippen molar-refractivity contribution in [3.05, 3.63) is 41.9 Å². The van der Waals surface area contributed by atoms with Gasteiger partial charge in [0.25, 0.3) is 5.91 Å². The first kappa shape index (κ1) is 13.9. The Morgan fingerprint density at radius 2 is 2.38 bits per heavy atom. The Kier molecular flexibility index (Phi) is 3.79. The fraction of sp³-hybridized carbons (Fsp3) is 0.467. The van der Waals surface area contributed by atoms with Crippen LogP contribution in [0.5, 0.6) is 0 Å². The van der Waals surface area contributed by atoms with Crippen molar-refractivity contribution in [3.63, 3.8) is 0 Å². The van der Waals surface area contributed by atoms with Crippen molar-refractivity contribution >= 4 is 5.91 Å². The molecular formula is C15H19N3O3. The summed E-state index contributed by atoms with van der Waals surface area (Å²) in [7, 11) is 1.69. The molecule has 21 heavy (non-hydrogen) atoms. The van der Waals surface area contributed by atoms with E-state index in [4.69, 9.17) is 9.15 Å². The zero-order valence-corrected chi connectivity index (χ0v) is 12.3. The highest BCUT2D eigenvalue weighted by Crippen LogP contribution is 2.27. The summed E-state index contributed by atoms with van der Waals surface area (Å²) in [5, 5.41) is 0. The number of ether oxygens (including phenoxy) is 1. The van der Waals surface area contributed by atoms with E-state index >= 15 is 0 Å². The summed E-state index contributed by atoms with van der Waals surface area (Å²) in [6, 6.07) is 3.36. The van der Waals surface area contributed by atoms with E-state index in [0.29, 0.717) is 18.9 Å². The summed E-state index contributed by atoms with van der Waals surface area (Å²) in [5.41, 5.74) is 1.16. The zero-order chi connectivity index (χ0) is 14.8. The van der Waals surface area contributed by atoms with Crippen LogP contribution in [0, 0.1) is 0 Å². The monoisotopic (exact) mass is 289 g/mol. The number of aromatic nitrogens is 2. The van der Waals surface area contributed by atoms with Crippen LogP contribution in [0.15, 0.2) is 29.0 Å². The first-order valence-corrected chi connectivity index (χ1v) is 7.10. The Balaban J connectivity index is 1.81. The van der Waals surface area contributed by atoms with Crippen molar-refractivity contribution in [2.75, 3.05) is 20.3 Å². The first-order valence-electron chi connectivity index (χ1n) is 7.10. The van der Waals surface area contributed by atoms with Crippen LogP contribution in [0.3, 0.4) is 0 Å². The smallest absolute Gasteiger partial charge is 0.290 e. The Labute approximate surface area is 123 Å². The number of methoxy groups -OCH3 is 1. The van der Waals surface area contributed by atoms with Gasteiger partial charge in [-0.2, -0.15) is 0 Å². The highest BCUT2D eigenvalue weighted by Gasteiger charge is 2.31. The van der Waals surface area contributed by atoms with Gasteiger partial charge >= 0.3 is 0 Å². The summed E-state index contributed by atoms with van der Waals surface area (Å²) in [5.74, 6) is 1.22. The molecule has 0 unspecified atom stereocenters. The van der Waals surface area contributed by atoms with Crippen molar-refractivity contribution in [3.8, 4) is 0 Å². The van der Waals surface area contributed by atoms with Gasteiger partial charge in [0.2, 0.25) is 0 Å². The minimum absolute atomic E-state index is 0.0624. The average molecular weight is 289 g/mol. The molecule has 0 saturated heterocycles. The molecule has 1 amide bonds. The molecule has 0 fully saturated rings. The molecule has 0 aliphatic carbocycles. The molecule has 0 aromatic carbocycles. The van der Waals surface area contributed by atoms with E-state index in [9.17, 15) is 4.79 Å². The van der Waals surface area contributed by atoms with Gasteiger partial charge in [0.15, 0.2) is 5.76 Å². The standard InChI is InChI=1S/C15H19N3O3/c1-11-14-16-10-12(5-9-20-2)18(14)7-6-17(11)15(19)13-4-3-8-21-13/h3-4,8,10-11H,5-7,9H2,1-2H3/t11-/m0/s1. The quantitative estimate of drug-likeness (QED) is 0.862. The fourth-order valence-electron chi connectivity index (χ4n) is 2.78. The minimum atomic E-state index is -0.0832. The van der Waals surface area contributed by atoms with Crippen LogP contribution < -0.4 is 0 Å². The van der Waals surface area contributed by atoms with Crippen molar-refractivity contribution < 1.29 is 13.9 Å². The molecule has 3 heterocycles. The molecule has 1 atom stereocenters. The molecule has 0 N–H and O–H groups in total. The van der Waals surface area contributed by atoms with Gasteiger partial charge in [-0.15, -0.1) is 0 Å². The van der Waals surface area contributed by atoms with Crippen molar-refractivity contribution in [2.45, 2.75) is 25.9 Å². The predicted molar refractivity (Wildman–Crippen MR) is 76.0 cm³/mol. The van der Waals surface area contributed by atoms with Crippen LogP contribution in [0.4, 0.5) is 0 Å². The Hall–Kier alpha value is -2.08. The Morgan fingerprint density at radius 1 is 1.52 bits per heavy atom. The lowest BCUT2D eigenvalue weighted by Crippen LogP contribution is -2.41. The average Bonchev–Trinajstić information content (AvgIpc) is 3.15. The summed E-state index contributed by atoms with van der Waals surface area (Å²) in [4.78, 5) is 18.7. The van der Waals surface area contributed by atoms with Gasteiger partial charge in [0.1, 0.15) is 5.82 Å². The van der Waals surface area contributed by atoms with E-state index in [2.05, 4.69) is 9.55 Å². The Bertz CT molecular complexity index is 618. The third-order valence-corrected chi connectivity index (χ3v) is 3.93.